The van der Waals surface area contributed by atoms with E-state index in [1.165, 1.54) is 27.6 Å². The highest BCUT2D eigenvalue weighted by atomic mass is 32.1. The minimum absolute atomic E-state index is 0.0945. The number of anilines is 2. The molecular weight excluding hydrogens is 398 g/mol. The number of nitrogens with zero attached hydrogens (tertiary/aromatic N) is 6. The Morgan fingerprint density at radius 2 is 2.00 bits per heavy atom. The van der Waals surface area contributed by atoms with E-state index < -0.39 is 5.54 Å². The molecule has 150 valence electrons. The number of nitrogens with two attached hydrogens (primary N) is 1. The van der Waals surface area contributed by atoms with Gasteiger partial charge in [0.25, 0.3) is 5.91 Å². The van der Waals surface area contributed by atoms with Gasteiger partial charge in [-0.25, -0.2) is 4.79 Å². The van der Waals surface area contributed by atoms with Gasteiger partial charge in [-0.3, -0.25) is 14.7 Å². The van der Waals surface area contributed by atoms with Crippen LogP contribution in [0.4, 0.5) is 15.1 Å². The van der Waals surface area contributed by atoms with Gasteiger partial charge >= 0.3 is 6.03 Å². The van der Waals surface area contributed by atoms with Crippen molar-refractivity contribution >= 4 is 44.9 Å². The van der Waals surface area contributed by atoms with Crippen LogP contribution in [0.25, 0.3) is 0 Å². The van der Waals surface area contributed by atoms with Crippen LogP contribution in [0.5, 0.6) is 0 Å². The first-order valence-electron chi connectivity index (χ1n) is 9.25. The van der Waals surface area contributed by atoms with Crippen molar-refractivity contribution < 1.29 is 9.59 Å². The van der Waals surface area contributed by atoms with E-state index in [0.717, 1.165) is 10.0 Å². The van der Waals surface area contributed by atoms with Crippen LogP contribution >= 0.6 is 22.7 Å². The Morgan fingerprint density at radius 1 is 1.25 bits per heavy atom. The fraction of sp³-hybridized carbons (Fsp3) is 0.588. The second-order valence-electron chi connectivity index (χ2n) is 7.59. The normalized spacial score (nSPS) is 19.5. The van der Waals surface area contributed by atoms with Gasteiger partial charge < -0.3 is 15.5 Å². The lowest BCUT2D eigenvalue weighted by Gasteiger charge is -2.42. The first kappa shape index (κ1) is 19.1. The number of amides is 3. The molecule has 4 heterocycles. The number of rotatable bonds is 5. The van der Waals surface area contributed by atoms with Crippen molar-refractivity contribution in [2.45, 2.75) is 38.8 Å². The molecule has 0 aliphatic carbocycles. The second kappa shape index (κ2) is 7.28. The summed E-state index contributed by atoms with van der Waals surface area (Å²) < 4.78 is 0. The van der Waals surface area contributed by atoms with E-state index in [0.29, 0.717) is 37.6 Å². The van der Waals surface area contributed by atoms with E-state index in [9.17, 15) is 9.59 Å². The van der Waals surface area contributed by atoms with Crippen LogP contribution in [0.15, 0.2) is 11.7 Å². The number of carbonyl (C=O) groups excluding carboxylic acids is 2. The highest BCUT2D eigenvalue weighted by Gasteiger charge is 2.58. The van der Waals surface area contributed by atoms with Crippen LogP contribution in [-0.4, -0.2) is 62.1 Å². The van der Waals surface area contributed by atoms with Gasteiger partial charge in [0.1, 0.15) is 5.54 Å². The van der Waals surface area contributed by atoms with Crippen LogP contribution in [0, 0.1) is 5.92 Å². The molecule has 2 saturated heterocycles. The number of hydrogen-bond acceptors (Lipinski definition) is 9. The maximum Gasteiger partial charge on any atom is 0.328 e. The third-order valence-electron chi connectivity index (χ3n) is 5.26. The Bertz CT molecular complexity index is 859. The van der Waals surface area contributed by atoms with Crippen LogP contribution in [0.1, 0.15) is 31.6 Å². The van der Waals surface area contributed by atoms with Crippen molar-refractivity contribution in [1.82, 2.24) is 25.0 Å². The van der Waals surface area contributed by atoms with Gasteiger partial charge in [0.2, 0.25) is 10.3 Å². The Hall–Kier alpha value is -2.27. The highest BCUT2D eigenvalue weighted by molar-refractivity contribution is 7.18. The molecular formula is C17H23N7O2S2. The van der Waals surface area contributed by atoms with Gasteiger partial charge in [-0.05, 0) is 18.8 Å². The molecule has 2 aliphatic heterocycles. The summed E-state index contributed by atoms with van der Waals surface area (Å²) >= 11 is 2.80. The predicted molar refractivity (Wildman–Crippen MR) is 108 cm³/mol. The molecule has 28 heavy (non-hydrogen) atoms. The fourth-order valence-electron chi connectivity index (χ4n) is 3.92. The van der Waals surface area contributed by atoms with Gasteiger partial charge in [0.05, 0.1) is 12.1 Å². The molecule has 2 fully saturated rings. The third-order valence-corrected chi connectivity index (χ3v) is 6.84. The molecule has 11 heteroatoms. The molecule has 0 radical (unpaired) electrons. The topological polar surface area (TPSA) is 109 Å². The average molecular weight is 422 g/mol. The first-order valence-corrected chi connectivity index (χ1v) is 10.9. The SMILES string of the molecule is CC(C)CN1C(=O)N(Cc2cncs2)C(=O)C12CCN(c1nnc(N)s1)CC2. The van der Waals surface area contributed by atoms with E-state index >= 15 is 0 Å². The van der Waals surface area contributed by atoms with E-state index in [1.807, 2.05) is 0 Å². The average Bonchev–Trinajstić information content (AvgIpc) is 3.37. The summed E-state index contributed by atoms with van der Waals surface area (Å²) in [6, 6.07) is -0.194. The van der Waals surface area contributed by atoms with E-state index in [2.05, 4.69) is 33.9 Å². The van der Waals surface area contributed by atoms with Crippen LogP contribution < -0.4 is 10.6 Å². The Labute approximate surface area is 171 Å². The molecule has 2 aromatic heterocycles. The van der Waals surface area contributed by atoms with Crippen molar-refractivity contribution in [3.63, 3.8) is 0 Å². The summed E-state index contributed by atoms with van der Waals surface area (Å²) in [6.45, 7) is 6.26. The van der Waals surface area contributed by atoms with E-state index in [-0.39, 0.29) is 24.4 Å². The zero-order valence-corrected chi connectivity index (χ0v) is 17.5. The quantitative estimate of drug-likeness (QED) is 0.736. The lowest BCUT2D eigenvalue weighted by atomic mass is 9.85. The molecule has 4 rings (SSSR count). The van der Waals surface area contributed by atoms with Crippen LogP contribution in [-0.2, 0) is 11.3 Å². The molecule has 0 aromatic carbocycles. The Morgan fingerprint density at radius 3 is 2.57 bits per heavy atom. The molecule has 0 atom stereocenters. The molecule has 0 unspecified atom stereocenters. The third kappa shape index (κ3) is 3.22. The first-order chi connectivity index (χ1) is 13.4. The standard InChI is InChI=1S/C17H23N7O2S2/c1-11(2)8-24-16(26)23(9-12-7-19-10-27-12)13(25)17(24)3-5-22(6-4-17)15-21-20-14(18)28-15/h7,10-11H,3-6,8-9H2,1-2H3,(H2,18,20). The predicted octanol–water partition coefficient (Wildman–Crippen LogP) is 2.04. The van der Waals surface area contributed by atoms with Crippen molar-refractivity contribution in [3.05, 3.63) is 16.6 Å². The lowest BCUT2D eigenvalue weighted by molar-refractivity contribution is -0.134. The number of hydrogen-bond donors (Lipinski definition) is 1. The zero-order chi connectivity index (χ0) is 19.9. The molecule has 3 amide bonds. The number of aromatic nitrogens is 3. The molecule has 9 nitrogen and oxygen atoms in total. The molecule has 1 spiro atoms. The molecule has 2 N–H and O–H groups in total. The number of nitrogen functional groups attached to an aromatic ring is 1. The van der Waals surface area contributed by atoms with Gasteiger partial charge in [-0.15, -0.1) is 21.5 Å². The molecule has 0 bridgehead atoms. The molecule has 2 aliphatic rings. The summed E-state index contributed by atoms with van der Waals surface area (Å²) in [6.07, 6.45) is 2.86. The van der Waals surface area contributed by atoms with Gasteiger partial charge in [0.15, 0.2) is 0 Å². The second-order valence-corrected chi connectivity index (χ2v) is 9.55. The lowest BCUT2D eigenvalue weighted by Crippen LogP contribution is -2.57. The summed E-state index contributed by atoms with van der Waals surface area (Å²) in [4.78, 5) is 36.9. The van der Waals surface area contributed by atoms with E-state index in [1.54, 1.807) is 16.6 Å². The summed E-state index contributed by atoms with van der Waals surface area (Å²) in [7, 11) is 0. The van der Waals surface area contributed by atoms with Crippen molar-refractivity contribution in [3.8, 4) is 0 Å². The zero-order valence-electron chi connectivity index (χ0n) is 15.9. The summed E-state index contributed by atoms with van der Waals surface area (Å²) in [5, 5.41) is 9.18. The number of imide groups is 1. The number of urea groups is 1. The maximum atomic E-state index is 13.4. The smallest absolute Gasteiger partial charge is 0.328 e. The summed E-state index contributed by atoms with van der Waals surface area (Å²) in [5.41, 5.74) is 6.64. The number of carbonyl (C=O) groups is 2. The minimum Gasteiger partial charge on any atom is -0.374 e. The summed E-state index contributed by atoms with van der Waals surface area (Å²) in [5.74, 6) is 0.181. The van der Waals surface area contributed by atoms with Gasteiger partial charge in [-0.1, -0.05) is 25.2 Å². The van der Waals surface area contributed by atoms with Crippen molar-refractivity contribution in [2.24, 2.45) is 5.92 Å². The highest BCUT2D eigenvalue weighted by Crippen LogP contribution is 2.40. The Kier molecular flexibility index (Phi) is 4.96. The minimum atomic E-state index is -0.779. The van der Waals surface area contributed by atoms with Crippen LogP contribution in [0.3, 0.4) is 0 Å². The monoisotopic (exact) mass is 421 g/mol. The maximum absolute atomic E-state index is 13.4. The largest absolute Gasteiger partial charge is 0.374 e. The van der Waals surface area contributed by atoms with Crippen molar-refractivity contribution in [2.75, 3.05) is 30.3 Å². The van der Waals surface area contributed by atoms with Crippen LogP contribution in [0.2, 0.25) is 0 Å². The van der Waals surface area contributed by atoms with Gasteiger partial charge in [0, 0.05) is 30.7 Å². The number of thiazole rings is 1. The van der Waals surface area contributed by atoms with Gasteiger partial charge in [-0.2, -0.15) is 0 Å². The number of piperidine rings is 1. The van der Waals surface area contributed by atoms with Crippen molar-refractivity contribution in [1.29, 1.82) is 0 Å². The Balaban J connectivity index is 1.58. The molecule has 2 aromatic rings. The van der Waals surface area contributed by atoms with E-state index in [4.69, 9.17) is 5.73 Å². The molecule has 0 saturated carbocycles. The fourth-order valence-corrected chi connectivity index (χ4v) is 5.17.